The average Bonchev–Trinajstić information content (AvgIpc) is 3.34. The predicted molar refractivity (Wildman–Crippen MR) is 158 cm³/mol. The van der Waals surface area contributed by atoms with Crippen LogP contribution in [-0.4, -0.2) is 47.3 Å². The van der Waals surface area contributed by atoms with Gasteiger partial charge in [0.2, 0.25) is 0 Å². The number of aromatic nitrogens is 3. The van der Waals surface area contributed by atoms with E-state index in [2.05, 4.69) is 16.5 Å². The van der Waals surface area contributed by atoms with E-state index < -0.39 is 7.60 Å². The molecule has 11 heteroatoms. The summed E-state index contributed by atoms with van der Waals surface area (Å²) >= 11 is 6.11. The van der Waals surface area contributed by atoms with E-state index in [0.29, 0.717) is 55.8 Å². The normalized spacial score (nSPS) is 20.3. The summed E-state index contributed by atoms with van der Waals surface area (Å²) in [6.45, 7) is 6.03. The molecule has 1 aliphatic heterocycles. The van der Waals surface area contributed by atoms with Gasteiger partial charge in [-0.3, -0.25) is 4.57 Å². The third-order valence-corrected chi connectivity index (χ3v) is 8.98. The quantitative estimate of drug-likeness (QED) is 0.138. The summed E-state index contributed by atoms with van der Waals surface area (Å²) in [6, 6.07) is 15.6. The third kappa shape index (κ3) is 6.35. The van der Waals surface area contributed by atoms with Crippen LogP contribution in [0.2, 0.25) is 5.02 Å². The first-order valence-electron chi connectivity index (χ1n) is 13.8. The Morgan fingerprint density at radius 2 is 1.90 bits per heavy atom. The van der Waals surface area contributed by atoms with Gasteiger partial charge in [0.15, 0.2) is 5.82 Å². The molecule has 0 saturated carbocycles. The second-order valence-corrected chi connectivity index (χ2v) is 12.4. The fourth-order valence-corrected chi connectivity index (χ4v) is 6.80. The summed E-state index contributed by atoms with van der Waals surface area (Å²) in [5.41, 5.74) is 9.82. The molecule has 0 radical (unpaired) electrons. The molecule has 0 aliphatic carbocycles. The van der Waals surface area contributed by atoms with E-state index in [1.807, 2.05) is 55.5 Å². The Kier molecular flexibility index (Phi) is 9.41. The van der Waals surface area contributed by atoms with Crippen LogP contribution in [-0.2, 0) is 29.7 Å². The number of nitrogens with two attached hydrogens (primary N) is 1. The van der Waals surface area contributed by atoms with Crippen molar-refractivity contribution in [2.45, 2.75) is 51.7 Å². The Morgan fingerprint density at radius 3 is 2.65 bits per heavy atom. The average molecular weight is 587 g/mol. The maximum atomic E-state index is 13.2. The van der Waals surface area contributed by atoms with Crippen LogP contribution >= 0.6 is 19.2 Å². The van der Waals surface area contributed by atoms with E-state index in [1.165, 1.54) is 0 Å². The molecular formula is C29H36ClN4O5P. The second-order valence-electron chi connectivity index (χ2n) is 9.97. The lowest BCUT2D eigenvalue weighted by atomic mass is 10.0. The van der Waals surface area contributed by atoms with Crippen LogP contribution in [0, 0.1) is 0 Å². The summed E-state index contributed by atoms with van der Waals surface area (Å²) in [5, 5.41) is 1.64. The van der Waals surface area contributed by atoms with E-state index in [0.717, 1.165) is 40.6 Å². The molecule has 3 heterocycles. The minimum atomic E-state index is -3.34. The van der Waals surface area contributed by atoms with Crippen molar-refractivity contribution in [1.29, 1.82) is 0 Å². The molecule has 1 atom stereocenters. The van der Waals surface area contributed by atoms with Crippen LogP contribution in [0.5, 0.6) is 0 Å². The van der Waals surface area contributed by atoms with Crippen molar-refractivity contribution in [1.82, 2.24) is 14.5 Å². The van der Waals surface area contributed by atoms with Gasteiger partial charge in [-0.2, -0.15) is 0 Å². The lowest BCUT2D eigenvalue weighted by Crippen LogP contribution is -2.21. The molecule has 0 bridgehead atoms. The minimum absolute atomic E-state index is 0.0234. The van der Waals surface area contributed by atoms with Crippen LogP contribution in [0.4, 0.5) is 5.82 Å². The number of halogens is 1. The number of anilines is 1. The van der Waals surface area contributed by atoms with E-state index in [-0.39, 0.29) is 18.3 Å². The fourth-order valence-electron chi connectivity index (χ4n) is 5.21. The molecule has 1 saturated heterocycles. The number of para-hydroxylation sites is 1. The molecule has 1 unspecified atom stereocenters. The molecule has 0 spiro atoms. The highest BCUT2D eigenvalue weighted by Gasteiger charge is 2.33. The van der Waals surface area contributed by atoms with E-state index >= 15 is 0 Å². The zero-order valence-electron chi connectivity index (χ0n) is 22.9. The van der Waals surface area contributed by atoms with Gasteiger partial charge in [0, 0.05) is 35.6 Å². The van der Waals surface area contributed by atoms with E-state index in [9.17, 15) is 4.57 Å². The topological polar surface area (TPSA) is 111 Å². The van der Waals surface area contributed by atoms with Gasteiger partial charge < -0.3 is 28.8 Å². The van der Waals surface area contributed by atoms with Gasteiger partial charge in [0.1, 0.15) is 24.3 Å². The van der Waals surface area contributed by atoms with Crippen molar-refractivity contribution < 1.29 is 23.1 Å². The maximum absolute atomic E-state index is 13.2. The van der Waals surface area contributed by atoms with Crippen molar-refractivity contribution in [3.63, 3.8) is 0 Å². The van der Waals surface area contributed by atoms with E-state index in [4.69, 9.17) is 40.8 Å². The largest absolute Gasteiger partial charge is 0.382 e. The minimum Gasteiger partial charge on any atom is -0.382 e. The molecule has 214 valence electrons. The lowest BCUT2D eigenvalue weighted by molar-refractivity contribution is 0.0839. The van der Waals surface area contributed by atoms with Crippen molar-refractivity contribution >= 4 is 47.0 Å². The van der Waals surface area contributed by atoms with Gasteiger partial charge >= 0.3 is 7.60 Å². The number of hydrogen-bond donors (Lipinski definition) is 1. The molecular weight excluding hydrogens is 551 g/mol. The molecule has 5 rings (SSSR count). The van der Waals surface area contributed by atoms with Crippen LogP contribution < -0.4 is 5.73 Å². The summed E-state index contributed by atoms with van der Waals surface area (Å²) in [6.07, 6.45) is 2.45. The zero-order chi connectivity index (χ0) is 28.1. The van der Waals surface area contributed by atoms with Gasteiger partial charge in [-0.15, -0.1) is 0 Å². The molecule has 40 heavy (non-hydrogen) atoms. The molecule has 1 aliphatic rings. The number of ether oxygens (including phenoxy) is 2. The Bertz CT molecular complexity index is 1500. The second kappa shape index (κ2) is 13.0. The Balaban J connectivity index is 1.30. The lowest BCUT2D eigenvalue weighted by Gasteiger charge is -2.29. The van der Waals surface area contributed by atoms with Crippen molar-refractivity contribution in [3.05, 3.63) is 64.9 Å². The van der Waals surface area contributed by atoms with Crippen LogP contribution in [0.1, 0.15) is 56.5 Å². The predicted octanol–water partition coefficient (Wildman–Crippen LogP) is 7.09. The Labute approximate surface area is 239 Å². The SMILES string of the molecule is CCCC(CCOCP1(=O)OCC(c2cccc(Cl)c2)CO1)n1c(COCC)nc2c(N)nc3ccccc3c21. The first kappa shape index (κ1) is 29.0. The van der Waals surface area contributed by atoms with Crippen molar-refractivity contribution in [2.75, 3.05) is 38.5 Å². The standard InChI is InChI=1S/C29H36ClN4O5P/c1-3-8-23(13-14-37-19-40(35)38-16-21(17-39-40)20-9-7-10-22(30)15-20)34-26(18-36-4-2)33-27-28(34)24-11-5-6-12-25(24)32-29(27)31/h5-7,9-12,15,21,23H,3-4,8,13-14,16-19H2,1-2H3,(H2,31,32). The van der Waals surface area contributed by atoms with Gasteiger partial charge in [0.05, 0.1) is 24.2 Å². The summed E-state index contributed by atoms with van der Waals surface area (Å²) in [4.78, 5) is 9.45. The number of rotatable bonds is 12. The van der Waals surface area contributed by atoms with Crippen molar-refractivity contribution in [3.8, 4) is 0 Å². The zero-order valence-corrected chi connectivity index (χ0v) is 24.6. The molecule has 2 aromatic carbocycles. The highest BCUT2D eigenvalue weighted by molar-refractivity contribution is 7.53. The van der Waals surface area contributed by atoms with Crippen LogP contribution in [0.3, 0.4) is 0 Å². The number of pyridine rings is 1. The highest BCUT2D eigenvalue weighted by Crippen LogP contribution is 2.52. The molecule has 9 nitrogen and oxygen atoms in total. The van der Waals surface area contributed by atoms with Crippen molar-refractivity contribution in [2.24, 2.45) is 0 Å². The Hall–Kier alpha value is -2.52. The highest BCUT2D eigenvalue weighted by atomic mass is 35.5. The summed E-state index contributed by atoms with van der Waals surface area (Å²) < 4.78 is 38.5. The number of hydrogen-bond acceptors (Lipinski definition) is 8. The molecule has 2 aromatic heterocycles. The van der Waals surface area contributed by atoms with Crippen LogP contribution in [0.25, 0.3) is 21.9 Å². The van der Waals surface area contributed by atoms with Gasteiger partial charge in [-0.05, 0) is 43.5 Å². The fraction of sp³-hybridized carbons (Fsp3) is 0.448. The third-order valence-electron chi connectivity index (χ3n) is 7.16. The first-order chi connectivity index (χ1) is 19.4. The smallest absolute Gasteiger partial charge is 0.356 e. The molecule has 0 amide bonds. The Morgan fingerprint density at radius 1 is 1.10 bits per heavy atom. The number of benzene rings is 2. The molecule has 4 aromatic rings. The van der Waals surface area contributed by atoms with Gasteiger partial charge in [-0.25, -0.2) is 9.97 Å². The summed E-state index contributed by atoms with van der Waals surface area (Å²) in [5.74, 6) is 1.18. The van der Waals surface area contributed by atoms with E-state index in [1.54, 1.807) is 0 Å². The maximum Gasteiger partial charge on any atom is 0.356 e. The first-order valence-corrected chi connectivity index (χ1v) is 15.9. The number of nitrogens with zero attached hydrogens (tertiary/aromatic N) is 3. The van der Waals surface area contributed by atoms with Crippen LogP contribution in [0.15, 0.2) is 48.5 Å². The number of fused-ring (bicyclic) bond motifs is 3. The molecule has 2 N–H and O–H groups in total. The molecule has 1 fully saturated rings. The summed E-state index contributed by atoms with van der Waals surface area (Å²) in [7, 11) is -3.34. The van der Waals surface area contributed by atoms with Gasteiger partial charge in [-0.1, -0.05) is 55.3 Å². The number of nitrogen functional groups attached to an aromatic ring is 1. The van der Waals surface area contributed by atoms with Gasteiger partial charge in [0.25, 0.3) is 0 Å². The number of imidazole rings is 1. The monoisotopic (exact) mass is 586 g/mol.